The molecule has 0 aliphatic carbocycles. The van der Waals surface area contributed by atoms with Gasteiger partial charge in [0.25, 0.3) is 0 Å². The van der Waals surface area contributed by atoms with E-state index in [1.165, 1.54) is 33.0 Å². The maximum absolute atomic E-state index is 6.40. The van der Waals surface area contributed by atoms with E-state index in [9.17, 15) is 0 Å². The van der Waals surface area contributed by atoms with Crippen molar-refractivity contribution in [1.82, 2.24) is 15.0 Å². The predicted octanol–water partition coefficient (Wildman–Crippen LogP) is 12.5. The number of aryl methyl sites for hydroxylation is 2. The van der Waals surface area contributed by atoms with Crippen LogP contribution in [0.5, 0.6) is 0 Å². The highest BCUT2D eigenvalue weighted by Crippen LogP contribution is 2.36. The molecule has 0 bridgehead atoms. The van der Waals surface area contributed by atoms with Gasteiger partial charge in [-0.2, -0.15) is 0 Å². The highest BCUT2D eigenvalue weighted by molar-refractivity contribution is 6.08. The van der Waals surface area contributed by atoms with E-state index >= 15 is 0 Å². The fraction of sp³-hybridized carbons (Fsp3) is 0.0408. The zero-order valence-corrected chi connectivity index (χ0v) is 28.9. The van der Waals surface area contributed by atoms with Crippen LogP contribution in [0, 0.1) is 0 Å². The Morgan fingerprint density at radius 2 is 0.906 bits per heavy atom. The van der Waals surface area contributed by atoms with E-state index in [2.05, 4.69) is 170 Å². The average molecular weight is 680 g/mol. The van der Waals surface area contributed by atoms with Crippen molar-refractivity contribution in [3.05, 3.63) is 187 Å². The molecule has 0 aliphatic rings. The van der Waals surface area contributed by atoms with Gasteiger partial charge in [0, 0.05) is 28.3 Å². The van der Waals surface area contributed by atoms with Crippen LogP contribution in [0.4, 0.5) is 0 Å². The van der Waals surface area contributed by atoms with Crippen LogP contribution in [0.1, 0.15) is 11.4 Å². The number of nitrogens with zero attached hydrogens (tertiary/aromatic N) is 3. The number of fused-ring (bicyclic) bond motifs is 5. The Balaban J connectivity index is 1.02. The number of rotatable bonds is 7. The molecule has 4 nitrogen and oxygen atoms in total. The molecule has 250 valence electrons. The Labute approximate surface area is 307 Å². The third kappa shape index (κ3) is 5.90. The van der Waals surface area contributed by atoms with Crippen molar-refractivity contribution < 1.29 is 4.42 Å². The molecule has 0 unspecified atom stereocenters. The van der Waals surface area contributed by atoms with E-state index in [4.69, 9.17) is 19.4 Å². The second kappa shape index (κ2) is 13.0. The summed E-state index contributed by atoms with van der Waals surface area (Å²) in [6.45, 7) is 0. The van der Waals surface area contributed by atoms with Crippen LogP contribution in [0.15, 0.2) is 180 Å². The molecule has 10 aromatic rings. The highest BCUT2D eigenvalue weighted by Gasteiger charge is 2.16. The smallest absolute Gasteiger partial charge is 0.163 e. The summed E-state index contributed by atoms with van der Waals surface area (Å²) < 4.78 is 6.40. The molecule has 0 saturated heterocycles. The molecule has 0 spiro atoms. The van der Waals surface area contributed by atoms with Crippen LogP contribution >= 0.6 is 0 Å². The standard InChI is InChI=1S/C49H33N3O/c1-2-9-32(10-3-1)35-17-19-36(20-18-35)40-25-27-44-43(31-40)47-37(15-8-16-45(47)53-44)26-28-46-50-48(41-23-21-33-11-4-6-13-38(33)29-41)52-49(51-46)42-24-22-34-12-5-7-14-39(34)30-42/h1-25,27,29-31H,26,28H2. The van der Waals surface area contributed by atoms with Gasteiger partial charge < -0.3 is 4.42 Å². The van der Waals surface area contributed by atoms with E-state index in [0.29, 0.717) is 18.1 Å². The molecular weight excluding hydrogens is 647 g/mol. The Bertz CT molecular complexity index is 2850. The van der Waals surface area contributed by atoms with Crippen molar-refractivity contribution in [2.24, 2.45) is 0 Å². The Morgan fingerprint density at radius 3 is 1.57 bits per heavy atom. The second-order valence-electron chi connectivity index (χ2n) is 13.6. The third-order valence-electron chi connectivity index (χ3n) is 10.2. The maximum atomic E-state index is 6.40. The van der Waals surface area contributed by atoms with E-state index < -0.39 is 0 Å². The lowest BCUT2D eigenvalue weighted by atomic mass is 9.97. The Hall–Kier alpha value is -6.91. The number of benzene rings is 8. The summed E-state index contributed by atoms with van der Waals surface area (Å²) in [6.07, 6.45) is 1.40. The summed E-state index contributed by atoms with van der Waals surface area (Å²) in [7, 11) is 0. The van der Waals surface area contributed by atoms with Gasteiger partial charge in [-0.3, -0.25) is 0 Å². The van der Waals surface area contributed by atoms with Gasteiger partial charge in [-0.05, 0) is 86.1 Å². The lowest BCUT2D eigenvalue weighted by Gasteiger charge is -2.10. The van der Waals surface area contributed by atoms with Crippen LogP contribution in [-0.2, 0) is 12.8 Å². The van der Waals surface area contributed by atoms with E-state index in [-0.39, 0.29) is 0 Å². The molecule has 0 saturated carbocycles. The van der Waals surface area contributed by atoms with Gasteiger partial charge in [-0.1, -0.05) is 146 Å². The second-order valence-corrected chi connectivity index (χ2v) is 13.6. The molecule has 0 aliphatic heterocycles. The van der Waals surface area contributed by atoms with Gasteiger partial charge in [0.2, 0.25) is 0 Å². The zero-order chi connectivity index (χ0) is 35.1. The molecule has 53 heavy (non-hydrogen) atoms. The van der Waals surface area contributed by atoms with Gasteiger partial charge in [0.15, 0.2) is 11.6 Å². The van der Waals surface area contributed by atoms with Crippen LogP contribution in [0.25, 0.3) is 88.5 Å². The largest absolute Gasteiger partial charge is 0.456 e. The SMILES string of the molecule is c1ccc(-c2ccc(-c3ccc4oc5cccc(CCc6nc(-c7ccc8ccccc8c7)nc(-c7ccc8ccccc8c7)n6)c5c4c3)cc2)cc1. The third-order valence-corrected chi connectivity index (χ3v) is 10.2. The van der Waals surface area contributed by atoms with E-state index in [0.717, 1.165) is 61.6 Å². The lowest BCUT2D eigenvalue weighted by molar-refractivity contribution is 0.668. The van der Waals surface area contributed by atoms with Crippen LogP contribution < -0.4 is 0 Å². The van der Waals surface area contributed by atoms with Crippen molar-refractivity contribution in [3.63, 3.8) is 0 Å². The summed E-state index contributed by atoms with van der Waals surface area (Å²) in [4.78, 5) is 15.2. The van der Waals surface area contributed by atoms with Crippen molar-refractivity contribution in [3.8, 4) is 45.0 Å². The summed E-state index contributed by atoms with van der Waals surface area (Å²) in [6, 6.07) is 61.8. The molecule has 4 heteroatoms. The predicted molar refractivity (Wildman–Crippen MR) is 218 cm³/mol. The lowest BCUT2D eigenvalue weighted by Crippen LogP contribution is -2.05. The Kier molecular flexibility index (Phi) is 7.58. The molecule has 8 aromatic carbocycles. The molecule has 2 aromatic heterocycles. The van der Waals surface area contributed by atoms with Gasteiger partial charge in [0.05, 0.1) is 0 Å². The van der Waals surface area contributed by atoms with E-state index in [1.807, 2.05) is 6.07 Å². The first-order valence-electron chi connectivity index (χ1n) is 18.1. The number of hydrogen-bond acceptors (Lipinski definition) is 4. The minimum atomic E-state index is 0.649. The highest BCUT2D eigenvalue weighted by atomic mass is 16.3. The number of aromatic nitrogens is 3. The first kappa shape index (κ1) is 30.9. The monoisotopic (exact) mass is 679 g/mol. The molecule has 0 radical (unpaired) electrons. The summed E-state index contributed by atoms with van der Waals surface area (Å²) >= 11 is 0. The maximum Gasteiger partial charge on any atom is 0.163 e. The molecule has 2 heterocycles. The molecule has 10 rings (SSSR count). The first-order chi connectivity index (χ1) is 26.2. The van der Waals surface area contributed by atoms with Crippen molar-refractivity contribution >= 4 is 43.5 Å². The van der Waals surface area contributed by atoms with Crippen LogP contribution in [0.3, 0.4) is 0 Å². The fourth-order valence-corrected chi connectivity index (χ4v) is 7.47. The molecule has 0 atom stereocenters. The molecule has 0 N–H and O–H groups in total. The van der Waals surface area contributed by atoms with Crippen molar-refractivity contribution in [2.75, 3.05) is 0 Å². The number of furan rings is 1. The van der Waals surface area contributed by atoms with E-state index in [1.54, 1.807) is 0 Å². The van der Waals surface area contributed by atoms with Crippen molar-refractivity contribution in [2.45, 2.75) is 12.8 Å². The van der Waals surface area contributed by atoms with Gasteiger partial charge >= 0.3 is 0 Å². The quantitative estimate of drug-likeness (QED) is 0.168. The minimum absolute atomic E-state index is 0.649. The zero-order valence-electron chi connectivity index (χ0n) is 28.9. The number of hydrogen-bond donors (Lipinski definition) is 0. The summed E-state index contributed by atoms with van der Waals surface area (Å²) in [5.74, 6) is 2.12. The normalized spacial score (nSPS) is 11.5. The van der Waals surface area contributed by atoms with Crippen LogP contribution in [0.2, 0.25) is 0 Å². The van der Waals surface area contributed by atoms with Crippen molar-refractivity contribution in [1.29, 1.82) is 0 Å². The Morgan fingerprint density at radius 1 is 0.358 bits per heavy atom. The summed E-state index contributed by atoms with van der Waals surface area (Å²) in [5, 5.41) is 6.95. The van der Waals surface area contributed by atoms with Gasteiger partial charge in [0.1, 0.15) is 17.0 Å². The molecule has 0 fully saturated rings. The molecule has 0 amide bonds. The topological polar surface area (TPSA) is 51.8 Å². The fourth-order valence-electron chi connectivity index (χ4n) is 7.47. The molecular formula is C49H33N3O. The van der Waals surface area contributed by atoms with Crippen LogP contribution in [-0.4, -0.2) is 15.0 Å². The minimum Gasteiger partial charge on any atom is -0.456 e. The average Bonchev–Trinajstić information content (AvgIpc) is 3.61. The van der Waals surface area contributed by atoms with Gasteiger partial charge in [-0.25, -0.2) is 15.0 Å². The van der Waals surface area contributed by atoms with Gasteiger partial charge in [-0.15, -0.1) is 0 Å². The first-order valence-corrected chi connectivity index (χ1v) is 18.1. The summed E-state index contributed by atoms with van der Waals surface area (Å²) in [5.41, 5.74) is 9.68.